The van der Waals surface area contributed by atoms with E-state index in [1.54, 1.807) is 0 Å². The van der Waals surface area contributed by atoms with Crippen LogP contribution in [0, 0.1) is 5.92 Å². The molecule has 0 aliphatic carbocycles. The Bertz CT molecular complexity index is 281. The van der Waals surface area contributed by atoms with Crippen molar-refractivity contribution in [2.75, 3.05) is 6.54 Å². The third-order valence-corrected chi connectivity index (χ3v) is 4.14. The molecule has 0 spiro atoms. The Labute approximate surface area is 107 Å². The molecule has 17 heavy (non-hydrogen) atoms. The SMILES string of the molecule is CC=COC1C(C)CC(C)(C)N(CC)C1(C)C. The monoisotopic (exact) mass is 239 g/mol. The van der Waals surface area contributed by atoms with Crippen LogP contribution in [0.5, 0.6) is 0 Å². The minimum atomic E-state index is 0.0788. The quantitative estimate of drug-likeness (QED) is 0.694. The molecule has 0 bridgehead atoms. The highest BCUT2D eigenvalue weighted by Crippen LogP contribution is 2.42. The lowest BCUT2D eigenvalue weighted by Gasteiger charge is -2.57. The Kier molecular flexibility index (Phi) is 4.29. The van der Waals surface area contributed by atoms with Crippen LogP contribution in [-0.2, 0) is 4.74 Å². The Morgan fingerprint density at radius 3 is 2.35 bits per heavy atom. The predicted molar refractivity (Wildman–Crippen MR) is 74.0 cm³/mol. The van der Waals surface area contributed by atoms with Gasteiger partial charge in [0.05, 0.1) is 11.8 Å². The standard InChI is InChI=1S/C15H29NO/c1-8-10-17-13-12(3)11-14(4,5)16(9-2)15(13,6)7/h8,10,12-13H,9,11H2,1-7H3. The van der Waals surface area contributed by atoms with E-state index in [9.17, 15) is 0 Å². The summed E-state index contributed by atoms with van der Waals surface area (Å²) in [4.78, 5) is 2.58. The zero-order chi connectivity index (χ0) is 13.3. The third-order valence-electron chi connectivity index (χ3n) is 4.14. The molecular weight excluding hydrogens is 210 g/mol. The Morgan fingerprint density at radius 2 is 1.88 bits per heavy atom. The summed E-state index contributed by atoms with van der Waals surface area (Å²) >= 11 is 0. The normalized spacial score (nSPS) is 32.9. The maximum absolute atomic E-state index is 5.96. The first-order valence-corrected chi connectivity index (χ1v) is 6.81. The number of ether oxygens (including phenoxy) is 1. The maximum Gasteiger partial charge on any atom is 0.118 e. The summed E-state index contributed by atoms with van der Waals surface area (Å²) in [6, 6.07) is 0. The number of likely N-dealkylation sites (N-methyl/N-ethyl adjacent to an activating group) is 1. The van der Waals surface area contributed by atoms with Crippen LogP contribution >= 0.6 is 0 Å². The van der Waals surface area contributed by atoms with E-state index >= 15 is 0 Å². The molecule has 2 nitrogen and oxygen atoms in total. The second-order valence-corrected chi connectivity index (χ2v) is 6.42. The van der Waals surface area contributed by atoms with Crippen molar-refractivity contribution in [3.63, 3.8) is 0 Å². The van der Waals surface area contributed by atoms with Crippen LogP contribution in [-0.4, -0.2) is 28.6 Å². The van der Waals surface area contributed by atoms with E-state index < -0.39 is 0 Å². The van der Waals surface area contributed by atoms with Crippen molar-refractivity contribution >= 4 is 0 Å². The van der Waals surface area contributed by atoms with Crippen molar-refractivity contribution in [1.82, 2.24) is 4.90 Å². The zero-order valence-corrected chi connectivity index (χ0v) is 12.6. The number of allylic oxidation sites excluding steroid dienone is 1. The van der Waals surface area contributed by atoms with Gasteiger partial charge in [-0.15, -0.1) is 0 Å². The molecule has 2 heteroatoms. The number of hydrogen-bond donors (Lipinski definition) is 0. The van der Waals surface area contributed by atoms with Crippen molar-refractivity contribution < 1.29 is 4.74 Å². The summed E-state index contributed by atoms with van der Waals surface area (Å²) < 4.78 is 5.96. The lowest BCUT2D eigenvalue weighted by Crippen LogP contribution is -2.67. The zero-order valence-electron chi connectivity index (χ0n) is 12.6. The smallest absolute Gasteiger partial charge is 0.118 e. The largest absolute Gasteiger partial charge is 0.496 e. The van der Waals surface area contributed by atoms with Crippen LogP contribution in [0.15, 0.2) is 12.3 Å². The first kappa shape index (κ1) is 14.6. The molecule has 2 atom stereocenters. The first-order valence-electron chi connectivity index (χ1n) is 6.81. The molecule has 100 valence electrons. The molecule has 0 aromatic heterocycles. The Hall–Kier alpha value is -0.500. The molecule has 0 aromatic carbocycles. The topological polar surface area (TPSA) is 12.5 Å². The molecule has 1 saturated heterocycles. The molecule has 0 aromatic rings. The van der Waals surface area contributed by atoms with Gasteiger partial charge < -0.3 is 4.74 Å². The molecule has 2 unspecified atom stereocenters. The third kappa shape index (κ3) is 2.67. The molecular formula is C15H29NO. The van der Waals surface area contributed by atoms with Gasteiger partial charge in [0.1, 0.15) is 6.10 Å². The highest BCUT2D eigenvalue weighted by molar-refractivity contribution is 5.05. The number of piperidine rings is 1. The molecule has 0 radical (unpaired) electrons. The van der Waals surface area contributed by atoms with Gasteiger partial charge in [0.2, 0.25) is 0 Å². The average molecular weight is 239 g/mol. The van der Waals surface area contributed by atoms with E-state index in [-0.39, 0.29) is 17.2 Å². The summed E-state index contributed by atoms with van der Waals surface area (Å²) in [7, 11) is 0. The van der Waals surface area contributed by atoms with E-state index in [1.807, 2.05) is 19.3 Å². The Balaban J connectivity index is 3.00. The second kappa shape index (κ2) is 5.01. The van der Waals surface area contributed by atoms with E-state index in [2.05, 4.69) is 46.4 Å². The van der Waals surface area contributed by atoms with Crippen molar-refractivity contribution in [2.45, 2.75) is 72.1 Å². The fourth-order valence-corrected chi connectivity index (χ4v) is 3.93. The lowest BCUT2D eigenvalue weighted by atomic mass is 9.72. The lowest BCUT2D eigenvalue weighted by molar-refractivity contribution is -0.132. The minimum absolute atomic E-state index is 0.0788. The fourth-order valence-electron chi connectivity index (χ4n) is 3.93. The van der Waals surface area contributed by atoms with Gasteiger partial charge in [0.15, 0.2) is 0 Å². The van der Waals surface area contributed by atoms with Gasteiger partial charge in [-0.05, 0) is 53.5 Å². The molecule has 1 aliphatic heterocycles. The fraction of sp³-hybridized carbons (Fsp3) is 0.867. The van der Waals surface area contributed by atoms with Crippen LogP contribution in [0.2, 0.25) is 0 Å². The summed E-state index contributed by atoms with van der Waals surface area (Å²) in [6.07, 6.45) is 5.27. The highest BCUT2D eigenvalue weighted by Gasteiger charge is 2.50. The van der Waals surface area contributed by atoms with Gasteiger partial charge in [-0.2, -0.15) is 0 Å². The van der Waals surface area contributed by atoms with Crippen LogP contribution in [0.3, 0.4) is 0 Å². The van der Waals surface area contributed by atoms with Gasteiger partial charge in [0, 0.05) is 5.54 Å². The van der Waals surface area contributed by atoms with Crippen LogP contribution in [0.25, 0.3) is 0 Å². The molecule has 0 saturated carbocycles. The molecule has 1 fully saturated rings. The number of nitrogens with zero attached hydrogens (tertiary/aromatic N) is 1. The summed E-state index contributed by atoms with van der Waals surface area (Å²) in [5, 5.41) is 0. The molecule has 1 rings (SSSR count). The number of hydrogen-bond acceptors (Lipinski definition) is 2. The molecule has 1 heterocycles. The van der Waals surface area contributed by atoms with E-state index in [0.717, 1.165) is 6.54 Å². The van der Waals surface area contributed by atoms with Gasteiger partial charge in [0.25, 0.3) is 0 Å². The van der Waals surface area contributed by atoms with Gasteiger partial charge >= 0.3 is 0 Å². The molecule has 0 amide bonds. The van der Waals surface area contributed by atoms with Crippen molar-refractivity contribution in [2.24, 2.45) is 5.92 Å². The van der Waals surface area contributed by atoms with Crippen LogP contribution in [0.1, 0.15) is 54.9 Å². The van der Waals surface area contributed by atoms with Crippen LogP contribution < -0.4 is 0 Å². The summed E-state index contributed by atoms with van der Waals surface area (Å²) in [6.45, 7) is 16.9. The highest BCUT2D eigenvalue weighted by atomic mass is 16.5. The van der Waals surface area contributed by atoms with Crippen molar-refractivity contribution in [3.8, 4) is 0 Å². The van der Waals surface area contributed by atoms with Gasteiger partial charge in [-0.25, -0.2) is 0 Å². The van der Waals surface area contributed by atoms with E-state index in [4.69, 9.17) is 4.74 Å². The maximum atomic E-state index is 5.96. The average Bonchev–Trinajstić information content (AvgIpc) is 2.15. The molecule has 1 aliphatic rings. The van der Waals surface area contributed by atoms with Gasteiger partial charge in [-0.1, -0.05) is 19.9 Å². The predicted octanol–water partition coefficient (Wildman–Crippen LogP) is 3.82. The van der Waals surface area contributed by atoms with Gasteiger partial charge in [-0.3, -0.25) is 4.90 Å². The number of likely N-dealkylation sites (tertiary alicyclic amines) is 1. The van der Waals surface area contributed by atoms with Crippen LogP contribution in [0.4, 0.5) is 0 Å². The van der Waals surface area contributed by atoms with Crippen molar-refractivity contribution in [1.29, 1.82) is 0 Å². The first-order chi connectivity index (χ1) is 7.77. The second-order valence-electron chi connectivity index (χ2n) is 6.42. The van der Waals surface area contributed by atoms with Crippen molar-refractivity contribution in [3.05, 3.63) is 12.3 Å². The van der Waals surface area contributed by atoms with E-state index in [1.165, 1.54) is 6.42 Å². The Morgan fingerprint density at radius 1 is 1.29 bits per heavy atom. The number of rotatable bonds is 3. The molecule has 0 N–H and O–H groups in total. The summed E-state index contributed by atoms with van der Waals surface area (Å²) in [5.41, 5.74) is 0.336. The summed E-state index contributed by atoms with van der Waals surface area (Å²) in [5.74, 6) is 0.582. The van der Waals surface area contributed by atoms with E-state index in [0.29, 0.717) is 5.92 Å². The minimum Gasteiger partial charge on any atom is -0.496 e.